The third kappa shape index (κ3) is 9.52. The van der Waals surface area contributed by atoms with Gasteiger partial charge in [0.05, 0.1) is 0 Å². The molecule has 0 saturated carbocycles. The Kier molecular flexibility index (Phi) is 9.26. The van der Waals surface area contributed by atoms with E-state index in [1.165, 1.54) is 36.8 Å². The van der Waals surface area contributed by atoms with Crippen molar-refractivity contribution < 1.29 is 0 Å². The van der Waals surface area contributed by atoms with Crippen molar-refractivity contribution in [1.82, 2.24) is 0 Å². The molecule has 0 unspecified atom stereocenters. The largest absolute Gasteiger partial charge is 0.0917 e. The first-order chi connectivity index (χ1) is 7.20. The summed E-state index contributed by atoms with van der Waals surface area (Å²) in [6.45, 7) is 8.58. The van der Waals surface area contributed by atoms with Crippen LogP contribution < -0.4 is 0 Å². The second kappa shape index (κ2) is 9.76. The fourth-order valence-electron chi connectivity index (χ4n) is 1.49. The average Bonchev–Trinajstić information content (AvgIpc) is 2.18. The quantitative estimate of drug-likeness (QED) is 0.499. The van der Waals surface area contributed by atoms with Crippen LogP contribution in [0.5, 0.6) is 0 Å². The Bertz CT molecular complexity index is 228. The van der Waals surface area contributed by atoms with Gasteiger partial charge in [0.2, 0.25) is 0 Å². The molecule has 0 fully saturated rings. The summed E-state index contributed by atoms with van der Waals surface area (Å²) in [5, 5.41) is 0. The molecule has 0 heterocycles. The van der Waals surface area contributed by atoms with Gasteiger partial charge in [-0.1, -0.05) is 42.4 Å². The van der Waals surface area contributed by atoms with Gasteiger partial charge >= 0.3 is 0 Å². The Morgan fingerprint density at radius 2 is 1.60 bits per heavy atom. The molecule has 0 atom stereocenters. The molecular formula is C15H25. The zero-order chi connectivity index (χ0) is 11.5. The van der Waals surface area contributed by atoms with Crippen LogP contribution in [0.15, 0.2) is 35.5 Å². The fourth-order valence-corrected chi connectivity index (χ4v) is 1.49. The van der Waals surface area contributed by atoms with Crippen LogP contribution >= 0.6 is 0 Å². The first-order valence-electron chi connectivity index (χ1n) is 5.92. The summed E-state index contributed by atoms with van der Waals surface area (Å²) in [6, 6.07) is 0. The lowest BCUT2D eigenvalue weighted by molar-refractivity contribution is 0.921. The zero-order valence-corrected chi connectivity index (χ0v) is 10.7. The van der Waals surface area contributed by atoms with Gasteiger partial charge in [0.25, 0.3) is 0 Å². The van der Waals surface area contributed by atoms with Crippen molar-refractivity contribution in [3.05, 3.63) is 41.9 Å². The van der Waals surface area contributed by atoms with E-state index in [-0.39, 0.29) is 0 Å². The van der Waals surface area contributed by atoms with E-state index in [9.17, 15) is 0 Å². The lowest BCUT2D eigenvalue weighted by Gasteiger charge is -2.00. The smallest absolute Gasteiger partial charge is 0.0199 e. The van der Waals surface area contributed by atoms with E-state index in [4.69, 9.17) is 0 Å². The second-order valence-corrected chi connectivity index (χ2v) is 4.04. The summed E-state index contributed by atoms with van der Waals surface area (Å²) in [7, 11) is 0. The van der Waals surface area contributed by atoms with Crippen molar-refractivity contribution in [3.63, 3.8) is 0 Å². The first-order valence-corrected chi connectivity index (χ1v) is 5.92. The highest BCUT2D eigenvalue weighted by Gasteiger charge is 1.90. The van der Waals surface area contributed by atoms with Crippen LogP contribution in [-0.2, 0) is 0 Å². The average molecular weight is 205 g/mol. The summed E-state index contributed by atoms with van der Waals surface area (Å²) < 4.78 is 0. The number of hydrogen-bond acceptors (Lipinski definition) is 0. The molecule has 0 N–H and O–H groups in total. The topological polar surface area (TPSA) is 0 Å². The minimum absolute atomic E-state index is 1.18. The van der Waals surface area contributed by atoms with E-state index < -0.39 is 0 Å². The van der Waals surface area contributed by atoms with Gasteiger partial charge in [-0.15, -0.1) is 0 Å². The number of allylic oxidation sites excluding steroid dienone is 6. The molecule has 0 aliphatic rings. The van der Waals surface area contributed by atoms with Crippen LogP contribution in [0.1, 0.15) is 53.4 Å². The van der Waals surface area contributed by atoms with E-state index in [1.807, 2.05) is 0 Å². The maximum atomic E-state index is 2.37. The van der Waals surface area contributed by atoms with Crippen LogP contribution in [0.25, 0.3) is 0 Å². The highest BCUT2D eigenvalue weighted by atomic mass is 14.0. The van der Waals surface area contributed by atoms with Gasteiger partial charge in [-0.25, -0.2) is 0 Å². The number of hydrogen-bond donors (Lipinski definition) is 0. The highest BCUT2D eigenvalue weighted by Crippen LogP contribution is 2.10. The molecular weight excluding hydrogens is 180 g/mol. The second-order valence-electron chi connectivity index (χ2n) is 4.04. The summed E-state index contributed by atoms with van der Waals surface area (Å²) in [6.07, 6.45) is 15.8. The van der Waals surface area contributed by atoms with Gasteiger partial charge in [0, 0.05) is 0 Å². The highest BCUT2D eigenvalue weighted by molar-refractivity contribution is 5.07. The molecule has 0 amide bonds. The maximum absolute atomic E-state index is 2.37. The Morgan fingerprint density at radius 3 is 2.20 bits per heavy atom. The Hall–Kier alpha value is -0.780. The summed E-state index contributed by atoms with van der Waals surface area (Å²) in [4.78, 5) is 0. The van der Waals surface area contributed by atoms with Crippen molar-refractivity contribution in [2.45, 2.75) is 53.4 Å². The van der Waals surface area contributed by atoms with Crippen LogP contribution in [0.3, 0.4) is 0 Å². The molecule has 0 aromatic heterocycles. The van der Waals surface area contributed by atoms with Gasteiger partial charge in [0.15, 0.2) is 0 Å². The summed E-state index contributed by atoms with van der Waals surface area (Å²) in [5.74, 6) is 0. The molecule has 15 heavy (non-hydrogen) atoms. The van der Waals surface area contributed by atoms with Gasteiger partial charge in [-0.3, -0.25) is 0 Å². The van der Waals surface area contributed by atoms with E-state index in [0.717, 1.165) is 0 Å². The molecule has 1 radical (unpaired) electrons. The summed E-state index contributed by atoms with van der Waals surface area (Å²) in [5.41, 5.74) is 2.98. The predicted molar refractivity (Wildman–Crippen MR) is 70.8 cm³/mol. The fraction of sp³-hybridized carbons (Fsp3) is 0.533. The zero-order valence-electron chi connectivity index (χ0n) is 10.7. The maximum Gasteiger partial charge on any atom is -0.0199 e. The molecule has 0 saturated heterocycles. The van der Waals surface area contributed by atoms with E-state index in [1.54, 1.807) is 0 Å². The Labute approximate surface area is 95.8 Å². The van der Waals surface area contributed by atoms with Gasteiger partial charge in [-0.2, -0.15) is 0 Å². The molecule has 0 nitrogen and oxygen atoms in total. The van der Waals surface area contributed by atoms with E-state index >= 15 is 0 Å². The molecule has 0 bridgehead atoms. The Morgan fingerprint density at radius 1 is 0.933 bits per heavy atom. The third-order valence-corrected chi connectivity index (χ3v) is 2.42. The number of rotatable bonds is 7. The summed E-state index contributed by atoms with van der Waals surface area (Å²) >= 11 is 0. The van der Waals surface area contributed by atoms with Crippen LogP contribution in [0.4, 0.5) is 0 Å². The lowest BCUT2D eigenvalue weighted by Crippen LogP contribution is -1.80. The van der Waals surface area contributed by atoms with E-state index in [2.05, 4.69) is 58.4 Å². The predicted octanol–water partition coefficient (Wildman–Crippen LogP) is 5.24. The van der Waals surface area contributed by atoms with Crippen molar-refractivity contribution >= 4 is 0 Å². The van der Waals surface area contributed by atoms with Gasteiger partial charge < -0.3 is 0 Å². The molecule has 0 rings (SSSR count). The Balaban J connectivity index is 3.71. The molecule has 0 aliphatic heterocycles. The van der Waals surface area contributed by atoms with Crippen LogP contribution in [-0.4, -0.2) is 0 Å². The third-order valence-electron chi connectivity index (χ3n) is 2.42. The molecule has 0 spiro atoms. The first kappa shape index (κ1) is 14.2. The molecule has 0 aromatic carbocycles. The lowest BCUT2D eigenvalue weighted by atomic mass is 10.1. The van der Waals surface area contributed by atoms with Crippen molar-refractivity contribution in [1.29, 1.82) is 0 Å². The van der Waals surface area contributed by atoms with Gasteiger partial charge in [-0.05, 0) is 52.9 Å². The normalized spacial score (nSPS) is 13.9. The molecule has 0 aromatic rings. The minimum Gasteiger partial charge on any atom is -0.0917 e. The molecule has 0 heteroatoms. The SMILES string of the molecule is C[CH]/C=C(/C)CC/C=C(/C)CCC=CC. The van der Waals surface area contributed by atoms with Crippen LogP contribution in [0, 0.1) is 6.42 Å². The molecule has 85 valence electrons. The van der Waals surface area contributed by atoms with Crippen molar-refractivity contribution in [3.8, 4) is 0 Å². The van der Waals surface area contributed by atoms with Crippen molar-refractivity contribution in [2.24, 2.45) is 0 Å². The molecule has 0 aliphatic carbocycles. The van der Waals surface area contributed by atoms with E-state index in [0.29, 0.717) is 0 Å². The van der Waals surface area contributed by atoms with Crippen LogP contribution in [0.2, 0.25) is 0 Å². The minimum atomic E-state index is 1.18. The van der Waals surface area contributed by atoms with Gasteiger partial charge in [0.1, 0.15) is 0 Å². The van der Waals surface area contributed by atoms with Crippen molar-refractivity contribution in [2.75, 3.05) is 0 Å². The monoisotopic (exact) mass is 205 g/mol. The standard InChI is InChI=1S/C15H25/c1-5-7-8-11-15(4)13-9-12-14(3)10-6-2/h5-7,10,13H,8-9,11-12H2,1-4H3/b7-5?,14-10-,15-13-.